The first-order valence-corrected chi connectivity index (χ1v) is 7.06. The van der Waals surface area contributed by atoms with Crippen LogP contribution in [0, 0.1) is 0 Å². The second kappa shape index (κ2) is 6.64. The van der Waals surface area contributed by atoms with Gasteiger partial charge in [0.2, 0.25) is 0 Å². The summed E-state index contributed by atoms with van der Waals surface area (Å²) in [6, 6.07) is 9.66. The van der Waals surface area contributed by atoms with Crippen molar-refractivity contribution in [3.63, 3.8) is 0 Å². The molecule has 0 amide bonds. The van der Waals surface area contributed by atoms with Crippen LogP contribution in [-0.4, -0.2) is 26.5 Å². The Morgan fingerprint density at radius 2 is 1.59 bits per heavy atom. The minimum absolute atomic E-state index is 0.00686. The number of aliphatic hydroxyl groups excluding tert-OH is 2. The molecule has 0 saturated carbocycles. The largest absolute Gasteiger partial charge is 0.507 e. The molecule has 2 aromatic carbocycles. The standard InChI is InChI=1S/C18H20O4/c1-3-4-12-5-7-16(20)14(9-12)15-10-13(6-8-17(15)21)18(22)11(2)19/h3,5-11,18-22H,1,4H2,2H3/t11-,18+/m1/s1. The summed E-state index contributed by atoms with van der Waals surface area (Å²) in [6.07, 6.45) is 0.407. The number of allylic oxidation sites excluding steroid dienone is 1. The number of aromatic hydroxyl groups is 2. The van der Waals surface area contributed by atoms with Gasteiger partial charge in [0, 0.05) is 11.1 Å². The second-order valence-electron chi connectivity index (χ2n) is 5.31. The maximum absolute atomic E-state index is 10.1. The van der Waals surface area contributed by atoms with Crippen LogP contribution in [-0.2, 0) is 6.42 Å². The van der Waals surface area contributed by atoms with E-state index in [1.165, 1.54) is 13.0 Å². The van der Waals surface area contributed by atoms with Crippen LogP contribution in [0.25, 0.3) is 11.1 Å². The molecular weight excluding hydrogens is 280 g/mol. The molecule has 2 aromatic rings. The van der Waals surface area contributed by atoms with Crippen molar-refractivity contribution in [3.05, 3.63) is 60.2 Å². The highest BCUT2D eigenvalue weighted by molar-refractivity contribution is 5.76. The van der Waals surface area contributed by atoms with Crippen LogP contribution in [0.5, 0.6) is 11.5 Å². The van der Waals surface area contributed by atoms with Gasteiger partial charge in [-0.15, -0.1) is 6.58 Å². The average Bonchev–Trinajstić information content (AvgIpc) is 2.49. The van der Waals surface area contributed by atoms with Crippen LogP contribution < -0.4 is 0 Å². The second-order valence-corrected chi connectivity index (χ2v) is 5.31. The summed E-state index contributed by atoms with van der Waals surface area (Å²) >= 11 is 0. The average molecular weight is 300 g/mol. The van der Waals surface area contributed by atoms with Gasteiger partial charge in [-0.25, -0.2) is 0 Å². The molecular formula is C18H20O4. The Labute approximate surface area is 129 Å². The molecule has 2 atom stereocenters. The van der Waals surface area contributed by atoms with E-state index in [4.69, 9.17) is 0 Å². The Kier molecular flexibility index (Phi) is 4.85. The van der Waals surface area contributed by atoms with Crippen molar-refractivity contribution in [1.82, 2.24) is 0 Å². The zero-order chi connectivity index (χ0) is 16.3. The van der Waals surface area contributed by atoms with E-state index >= 15 is 0 Å². The molecule has 0 aliphatic carbocycles. The van der Waals surface area contributed by atoms with Gasteiger partial charge in [0.1, 0.15) is 17.6 Å². The van der Waals surface area contributed by atoms with Crippen LogP contribution in [0.1, 0.15) is 24.2 Å². The SMILES string of the molecule is C=CCc1ccc(O)c(-c2cc([C@@H](O)[C@@H](C)O)ccc2O)c1. The number of phenols is 2. The fraction of sp³-hybridized carbons (Fsp3) is 0.222. The Balaban J connectivity index is 2.54. The normalized spacial score (nSPS) is 13.6. The van der Waals surface area contributed by atoms with E-state index in [1.807, 2.05) is 0 Å². The highest BCUT2D eigenvalue weighted by Crippen LogP contribution is 2.37. The van der Waals surface area contributed by atoms with Crippen molar-refractivity contribution in [2.75, 3.05) is 0 Å². The summed E-state index contributed by atoms with van der Waals surface area (Å²) in [5, 5.41) is 39.6. The number of benzene rings is 2. The van der Waals surface area contributed by atoms with Gasteiger partial charge in [-0.3, -0.25) is 0 Å². The molecule has 4 N–H and O–H groups in total. The summed E-state index contributed by atoms with van der Waals surface area (Å²) < 4.78 is 0. The predicted molar refractivity (Wildman–Crippen MR) is 85.7 cm³/mol. The fourth-order valence-corrected chi connectivity index (χ4v) is 2.32. The van der Waals surface area contributed by atoms with Gasteiger partial charge < -0.3 is 20.4 Å². The molecule has 4 nitrogen and oxygen atoms in total. The minimum atomic E-state index is -1.06. The lowest BCUT2D eigenvalue weighted by atomic mass is 9.95. The topological polar surface area (TPSA) is 80.9 Å². The number of phenolic OH excluding ortho intramolecular Hbond substituents is 2. The molecule has 22 heavy (non-hydrogen) atoms. The lowest BCUT2D eigenvalue weighted by Crippen LogP contribution is -2.13. The molecule has 0 saturated heterocycles. The van der Waals surface area contributed by atoms with Gasteiger partial charge in [-0.05, 0) is 48.7 Å². The van der Waals surface area contributed by atoms with Crippen molar-refractivity contribution in [1.29, 1.82) is 0 Å². The van der Waals surface area contributed by atoms with E-state index in [1.54, 1.807) is 36.4 Å². The first-order valence-electron chi connectivity index (χ1n) is 7.06. The van der Waals surface area contributed by atoms with Gasteiger partial charge in [0.05, 0.1) is 6.10 Å². The lowest BCUT2D eigenvalue weighted by molar-refractivity contribution is 0.0305. The van der Waals surface area contributed by atoms with E-state index in [9.17, 15) is 20.4 Å². The summed E-state index contributed by atoms with van der Waals surface area (Å²) in [5.74, 6) is 0.0272. The predicted octanol–water partition coefficient (Wildman–Crippen LogP) is 2.91. The molecule has 0 spiro atoms. The molecule has 4 heteroatoms. The minimum Gasteiger partial charge on any atom is -0.507 e. The van der Waals surface area contributed by atoms with E-state index in [-0.39, 0.29) is 11.5 Å². The van der Waals surface area contributed by atoms with Crippen LogP contribution in [0.4, 0.5) is 0 Å². The highest BCUT2D eigenvalue weighted by Gasteiger charge is 2.17. The van der Waals surface area contributed by atoms with Crippen LogP contribution in [0.2, 0.25) is 0 Å². The molecule has 0 aliphatic rings. The van der Waals surface area contributed by atoms with Gasteiger partial charge in [0.25, 0.3) is 0 Å². The zero-order valence-corrected chi connectivity index (χ0v) is 12.4. The lowest BCUT2D eigenvalue weighted by Gasteiger charge is -2.16. The van der Waals surface area contributed by atoms with Gasteiger partial charge in [-0.2, -0.15) is 0 Å². The number of hydrogen-bond acceptors (Lipinski definition) is 4. The van der Waals surface area contributed by atoms with Crippen molar-refractivity contribution in [2.24, 2.45) is 0 Å². The van der Waals surface area contributed by atoms with Crippen molar-refractivity contribution >= 4 is 0 Å². The maximum atomic E-state index is 10.1. The molecule has 0 aromatic heterocycles. The van der Waals surface area contributed by atoms with E-state index < -0.39 is 12.2 Å². The summed E-state index contributed by atoms with van der Waals surface area (Å²) in [4.78, 5) is 0. The molecule has 0 radical (unpaired) electrons. The van der Waals surface area contributed by atoms with Crippen LogP contribution in [0.15, 0.2) is 49.1 Å². The van der Waals surface area contributed by atoms with E-state index in [2.05, 4.69) is 6.58 Å². The quantitative estimate of drug-likeness (QED) is 0.640. The van der Waals surface area contributed by atoms with Crippen LogP contribution in [0.3, 0.4) is 0 Å². The third-order valence-corrected chi connectivity index (χ3v) is 3.55. The number of rotatable bonds is 5. The molecule has 2 rings (SSSR count). The Morgan fingerprint density at radius 3 is 2.18 bits per heavy atom. The van der Waals surface area contributed by atoms with Gasteiger partial charge in [0.15, 0.2) is 0 Å². The maximum Gasteiger partial charge on any atom is 0.123 e. The molecule has 0 fully saturated rings. The van der Waals surface area contributed by atoms with Crippen molar-refractivity contribution in [2.45, 2.75) is 25.6 Å². The third-order valence-electron chi connectivity index (χ3n) is 3.55. The van der Waals surface area contributed by atoms with Gasteiger partial charge >= 0.3 is 0 Å². The van der Waals surface area contributed by atoms with E-state index in [0.717, 1.165) is 5.56 Å². The summed E-state index contributed by atoms with van der Waals surface area (Å²) in [5.41, 5.74) is 2.29. The Hall–Kier alpha value is -2.30. The molecule has 0 aliphatic heterocycles. The highest BCUT2D eigenvalue weighted by atomic mass is 16.3. The molecule has 116 valence electrons. The van der Waals surface area contributed by atoms with Crippen LogP contribution >= 0.6 is 0 Å². The van der Waals surface area contributed by atoms with E-state index in [0.29, 0.717) is 23.1 Å². The molecule has 0 heterocycles. The number of hydrogen-bond donors (Lipinski definition) is 4. The molecule has 0 unspecified atom stereocenters. The van der Waals surface area contributed by atoms with Crippen molar-refractivity contribution in [3.8, 4) is 22.6 Å². The number of aliphatic hydroxyl groups is 2. The summed E-state index contributed by atoms with van der Waals surface area (Å²) in [7, 11) is 0. The smallest absolute Gasteiger partial charge is 0.123 e. The Bertz CT molecular complexity index is 677. The van der Waals surface area contributed by atoms with Crippen molar-refractivity contribution < 1.29 is 20.4 Å². The first kappa shape index (κ1) is 16.1. The Morgan fingerprint density at radius 1 is 1.00 bits per heavy atom. The monoisotopic (exact) mass is 300 g/mol. The fourth-order valence-electron chi connectivity index (χ4n) is 2.32. The van der Waals surface area contributed by atoms with Gasteiger partial charge in [-0.1, -0.05) is 18.2 Å². The first-order chi connectivity index (χ1) is 10.4. The zero-order valence-electron chi connectivity index (χ0n) is 12.4. The summed E-state index contributed by atoms with van der Waals surface area (Å²) in [6.45, 7) is 5.17. The third kappa shape index (κ3) is 3.30. The molecule has 0 bridgehead atoms.